The van der Waals surface area contributed by atoms with Crippen LogP contribution in [0, 0.1) is 12.3 Å². The van der Waals surface area contributed by atoms with Crippen molar-refractivity contribution >= 4 is 38.9 Å². The van der Waals surface area contributed by atoms with Crippen LogP contribution in [0.5, 0.6) is 0 Å². The number of benzene rings is 1. The van der Waals surface area contributed by atoms with Gasteiger partial charge in [0, 0.05) is 16.8 Å². The van der Waals surface area contributed by atoms with E-state index in [1.54, 1.807) is 25.1 Å². The number of amides is 2. The maximum absolute atomic E-state index is 12.5. The van der Waals surface area contributed by atoms with Gasteiger partial charge in [0.2, 0.25) is 11.8 Å². The lowest BCUT2D eigenvalue weighted by molar-refractivity contribution is -0.138. The van der Waals surface area contributed by atoms with Gasteiger partial charge in [0.25, 0.3) is 0 Å². The number of hydrogen-bond donors (Lipinski definition) is 2. The van der Waals surface area contributed by atoms with Crippen LogP contribution in [-0.4, -0.2) is 37.8 Å². The number of hydrogen-bond acceptors (Lipinski definition) is 4. The van der Waals surface area contributed by atoms with Crippen LogP contribution in [0.15, 0.2) is 18.2 Å². The SMILES string of the molecule is Cc1c(Cl)cccc1NC(=O)C(C)(C)C(=O)NC1CCS(=O)(=O)C1. The predicted octanol–water partition coefficient (Wildman–Crippen LogP) is 1.92. The topological polar surface area (TPSA) is 92.3 Å². The molecule has 1 aromatic rings. The van der Waals surface area contributed by atoms with Crippen molar-refractivity contribution in [2.45, 2.75) is 33.2 Å². The number of anilines is 1. The van der Waals surface area contributed by atoms with Crippen molar-refractivity contribution in [2.75, 3.05) is 16.8 Å². The van der Waals surface area contributed by atoms with Crippen molar-refractivity contribution in [1.82, 2.24) is 5.32 Å². The highest BCUT2D eigenvalue weighted by atomic mass is 35.5. The normalized spacial score (nSPS) is 19.8. The van der Waals surface area contributed by atoms with Crippen LogP contribution >= 0.6 is 11.6 Å². The van der Waals surface area contributed by atoms with Crippen LogP contribution < -0.4 is 10.6 Å². The van der Waals surface area contributed by atoms with Crippen LogP contribution in [0.3, 0.4) is 0 Å². The zero-order valence-corrected chi connectivity index (χ0v) is 15.4. The zero-order valence-electron chi connectivity index (χ0n) is 13.8. The molecule has 0 aromatic heterocycles. The molecule has 1 unspecified atom stereocenters. The molecule has 1 fully saturated rings. The highest BCUT2D eigenvalue weighted by molar-refractivity contribution is 7.91. The van der Waals surface area contributed by atoms with Gasteiger partial charge in [0.05, 0.1) is 11.5 Å². The minimum atomic E-state index is -3.10. The molecule has 2 N–H and O–H groups in total. The lowest BCUT2D eigenvalue weighted by Crippen LogP contribution is -2.48. The number of carbonyl (C=O) groups is 2. The molecule has 1 atom stereocenters. The Balaban J connectivity index is 2.07. The summed E-state index contributed by atoms with van der Waals surface area (Å²) in [7, 11) is -3.10. The summed E-state index contributed by atoms with van der Waals surface area (Å²) in [4.78, 5) is 24.9. The molecule has 0 bridgehead atoms. The smallest absolute Gasteiger partial charge is 0.239 e. The fraction of sp³-hybridized carbons (Fsp3) is 0.500. The summed E-state index contributed by atoms with van der Waals surface area (Å²) in [5.41, 5.74) is -0.0939. The van der Waals surface area contributed by atoms with Gasteiger partial charge >= 0.3 is 0 Å². The van der Waals surface area contributed by atoms with Gasteiger partial charge in [0.15, 0.2) is 9.84 Å². The van der Waals surface area contributed by atoms with Crippen molar-refractivity contribution in [2.24, 2.45) is 5.41 Å². The molecule has 1 aliphatic rings. The van der Waals surface area contributed by atoms with Crippen molar-refractivity contribution in [1.29, 1.82) is 0 Å². The van der Waals surface area contributed by atoms with Crippen LogP contribution in [0.4, 0.5) is 5.69 Å². The molecule has 0 spiro atoms. The standard InChI is InChI=1S/C16H21ClN2O4S/c1-10-12(17)5-4-6-13(10)19-15(21)16(2,3)14(20)18-11-7-8-24(22,23)9-11/h4-6,11H,7-9H2,1-3H3,(H,18,20)(H,19,21). The van der Waals surface area contributed by atoms with E-state index in [1.807, 2.05) is 0 Å². The molecule has 0 saturated carbocycles. The minimum absolute atomic E-state index is 0.0618. The molecule has 1 heterocycles. The van der Waals surface area contributed by atoms with Crippen molar-refractivity contribution in [3.8, 4) is 0 Å². The largest absolute Gasteiger partial charge is 0.351 e. The number of rotatable bonds is 4. The first kappa shape index (κ1) is 18.7. The number of nitrogens with one attached hydrogen (secondary N) is 2. The average Bonchev–Trinajstić information content (AvgIpc) is 2.82. The third kappa shape index (κ3) is 4.08. The predicted molar refractivity (Wildman–Crippen MR) is 93.8 cm³/mol. The van der Waals surface area contributed by atoms with Gasteiger partial charge in [-0.25, -0.2) is 8.42 Å². The third-order valence-electron chi connectivity index (χ3n) is 4.22. The molecule has 1 aliphatic heterocycles. The van der Waals surface area contributed by atoms with Gasteiger partial charge in [-0.05, 0) is 44.9 Å². The van der Waals surface area contributed by atoms with Gasteiger partial charge in [-0.1, -0.05) is 17.7 Å². The molecule has 2 rings (SSSR count). The Kier molecular flexibility index (Phi) is 5.25. The number of carbonyl (C=O) groups excluding carboxylic acids is 2. The van der Waals surface area contributed by atoms with E-state index in [9.17, 15) is 18.0 Å². The van der Waals surface area contributed by atoms with E-state index in [4.69, 9.17) is 11.6 Å². The van der Waals surface area contributed by atoms with E-state index in [2.05, 4.69) is 10.6 Å². The highest BCUT2D eigenvalue weighted by Gasteiger charge is 2.39. The van der Waals surface area contributed by atoms with Crippen molar-refractivity contribution < 1.29 is 18.0 Å². The highest BCUT2D eigenvalue weighted by Crippen LogP contribution is 2.26. The minimum Gasteiger partial charge on any atom is -0.351 e. The number of sulfone groups is 1. The molecule has 0 aliphatic carbocycles. The lowest BCUT2D eigenvalue weighted by Gasteiger charge is -2.25. The monoisotopic (exact) mass is 372 g/mol. The van der Waals surface area contributed by atoms with E-state index < -0.39 is 33.1 Å². The molecule has 1 saturated heterocycles. The second kappa shape index (κ2) is 6.72. The molecular formula is C16H21ClN2O4S. The fourth-order valence-electron chi connectivity index (χ4n) is 2.40. The Morgan fingerprint density at radius 1 is 1.25 bits per heavy atom. The summed E-state index contributed by atoms with van der Waals surface area (Å²) in [5, 5.41) is 5.89. The van der Waals surface area contributed by atoms with Gasteiger partial charge in [-0.3, -0.25) is 9.59 Å². The molecule has 8 heteroatoms. The molecule has 6 nitrogen and oxygen atoms in total. The maximum Gasteiger partial charge on any atom is 0.239 e. The Hall–Kier alpha value is -1.60. The van der Waals surface area contributed by atoms with E-state index >= 15 is 0 Å². The van der Waals surface area contributed by atoms with Gasteiger partial charge < -0.3 is 10.6 Å². The quantitative estimate of drug-likeness (QED) is 0.790. The Morgan fingerprint density at radius 3 is 2.50 bits per heavy atom. The summed E-state index contributed by atoms with van der Waals surface area (Å²) in [6.07, 6.45) is 0.374. The maximum atomic E-state index is 12.5. The summed E-state index contributed by atoms with van der Waals surface area (Å²) < 4.78 is 22.9. The summed E-state index contributed by atoms with van der Waals surface area (Å²) in [6, 6.07) is 4.69. The average molecular weight is 373 g/mol. The van der Waals surface area contributed by atoms with E-state index in [1.165, 1.54) is 13.8 Å². The molecule has 24 heavy (non-hydrogen) atoms. The Labute approximate surface area is 146 Å². The van der Waals surface area contributed by atoms with Gasteiger partial charge in [0.1, 0.15) is 5.41 Å². The number of halogens is 1. The Morgan fingerprint density at radius 2 is 1.92 bits per heavy atom. The zero-order chi connectivity index (χ0) is 18.1. The second-order valence-corrected chi connectivity index (χ2v) is 9.20. The molecular weight excluding hydrogens is 352 g/mol. The molecule has 0 radical (unpaired) electrons. The van der Waals surface area contributed by atoms with Gasteiger partial charge in [-0.15, -0.1) is 0 Å². The summed E-state index contributed by atoms with van der Waals surface area (Å²) >= 11 is 6.03. The van der Waals surface area contributed by atoms with E-state index in [0.717, 1.165) is 0 Å². The summed E-state index contributed by atoms with van der Waals surface area (Å²) in [6.45, 7) is 4.77. The van der Waals surface area contributed by atoms with Crippen molar-refractivity contribution in [3.63, 3.8) is 0 Å². The molecule has 132 valence electrons. The second-order valence-electron chi connectivity index (χ2n) is 6.56. The van der Waals surface area contributed by atoms with Crippen LogP contribution in [0.2, 0.25) is 5.02 Å². The van der Waals surface area contributed by atoms with Crippen molar-refractivity contribution in [3.05, 3.63) is 28.8 Å². The van der Waals surface area contributed by atoms with Crippen LogP contribution in [0.25, 0.3) is 0 Å². The first-order valence-corrected chi connectivity index (χ1v) is 9.81. The van der Waals surface area contributed by atoms with Crippen LogP contribution in [0.1, 0.15) is 25.8 Å². The van der Waals surface area contributed by atoms with Crippen LogP contribution in [-0.2, 0) is 19.4 Å². The molecule has 2 amide bonds. The van der Waals surface area contributed by atoms with Gasteiger partial charge in [-0.2, -0.15) is 0 Å². The first-order valence-electron chi connectivity index (χ1n) is 7.61. The first-order chi connectivity index (χ1) is 11.0. The Bertz CT molecular complexity index is 774. The van der Waals surface area contributed by atoms with E-state index in [-0.39, 0.29) is 11.5 Å². The van der Waals surface area contributed by atoms with E-state index in [0.29, 0.717) is 22.7 Å². The summed E-state index contributed by atoms with van der Waals surface area (Å²) in [5.74, 6) is -0.996. The fourth-order valence-corrected chi connectivity index (χ4v) is 4.25. The molecule has 1 aromatic carbocycles. The third-order valence-corrected chi connectivity index (χ3v) is 6.40. The lowest BCUT2D eigenvalue weighted by atomic mass is 9.90.